The first-order valence-electron chi connectivity index (χ1n) is 7.08. The minimum Gasteiger partial charge on any atom is -1.00 e. The van der Waals surface area contributed by atoms with E-state index in [0.717, 1.165) is 22.3 Å². The molecule has 0 unspecified atom stereocenters. The van der Waals surface area contributed by atoms with Gasteiger partial charge in [0.2, 0.25) is 9.21 Å². The van der Waals surface area contributed by atoms with Crippen molar-refractivity contribution in [1.29, 1.82) is 0 Å². The summed E-state index contributed by atoms with van der Waals surface area (Å²) in [5.41, 5.74) is 2.58. The lowest BCUT2D eigenvalue weighted by molar-refractivity contribution is -0.699. The third-order valence-corrected chi connectivity index (χ3v) is 4.94. The average Bonchev–Trinajstić information content (AvgIpc) is 2.54. The Hall–Kier alpha value is -1.23. The zero-order valence-corrected chi connectivity index (χ0v) is 16.3. The molecule has 5 heteroatoms. The Morgan fingerprint density at radius 2 is 1.00 bits per heavy atom. The van der Waals surface area contributed by atoms with Gasteiger partial charge in [0.25, 0.3) is 0 Å². The molecule has 0 saturated carbocycles. The fourth-order valence-electron chi connectivity index (χ4n) is 2.31. The molecule has 0 atom stereocenters. The number of benzene rings is 1. The SMILES string of the molecule is Brc1cccc[n+]1Cc1ccc(C[n+]2ccccc2Br)cc1.[Cl-]. The molecule has 0 aliphatic rings. The van der Waals surface area contributed by atoms with Crippen LogP contribution in [-0.4, -0.2) is 0 Å². The Morgan fingerprint density at radius 3 is 1.35 bits per heavy atom. The molecule has 23 heavy (non-hydrogen) atoms. The summed E-state index contributed by atoms with van der Waals surface area (Å²) in [6.45, 7) is 1.73. The lowest BCUT2D eigenvalue weighted by Crippen LogP contribution is -3.00. The van der Waals surface area contributed by atoms with Crippen molar-refractivity contribution in [1.82, 2.24) is 0 Å². The molecule has 0 fully saturated rings. The van der Waals surface area contributed by atoms with Crippen LogP contribution in [-0.2, 0) is 13.1 Å². The molecule has 2 nitrogen and oxygen atoms in total. The summed E-state index contributed by atoms with van der Waals surface area (Å²) < 4.78 is 6.53. The Kier molecular flexibility index (Phi) is 6.75. The molecule has 3 rings (SSSR count). The van der Waals surface area contributed by atoms with E-state index in [1.165, 1.54) is 11.1 Å². The van der Waals surface area contributed by atoms with Gasteiger partial charge >= 0.3 is 0 Å². The summed E-state index contributed by atoms with van der Waals surface area (Å²) >= 11 is 7.15. The number of hydrogen-bond acceptors (Lipinski definition) is 0. The first-order valence-corrected chi connectivity index (χ1v) is 8.67. The van der Waals surface area contributed by atoms with Gasteiger partial charge in [0.05, 0.1) is 0 Å². The van der Waals surface area contributed by atoms with E-state index in [-0.39, 0.29) is 12.4 Å². The largest absolute Gasteiger partial charge is 1.00 e. The molecule has 0 aliphatic carbocycles. The highest BCUT2D eigenvalue weighted by atomic mass is 79.9. The zero-order chi connectivity index (χ0) is 15.4. The van der Waals surface area contributed by atoms with Gasteiger partial charge in [-0.15, -0.1) is 0 Å². The number of nitrogens with zero attached hydrogens (tertiary/aromatic N) is 2. The minimum atomic E-state index is 0. The number of aromatic nitrogens is 2. The first-order chi connectivity index (χ1) is 10.7. The first kappa shape index (κ1) is 18.1. The predicted octanol–water partition coefficient (Wildman–Crippen LogP) is 0.887. The van der Waals surface area contributed by atoms with Gasteiger partial charge in [-0.2, -0.15) is 9.13 Å². The third-order valence-electron chi connectivity index (χ3n) is 3.50. The van der Waals surface area contributed by atoms with E-state index < -0.39 is 0 Å². The van der Waals surface area contributed by atoms with Crippen molar-refractivity contribution < 1.29 is 21.5 Å². The highest BCUT2D eigenvalue weighted by Gasteiger charge is 2.09. The van der Waals surface area contributed by atoms with Crippen LogP contribution in [0.15, 0.2) is 82.3 Å². The van der Waals surface area contributed by atoms with Crippen LogP contribution in [0.25, 0.3) is 0 Å². The molecule has 0 radical (unpaired) electrons. The van der Waals surface area contributed by atoms with Gasteiger partial charge in [-0.05, 0) is 12.1 Å². The monoisotopic (exact) mass is 453 g/mol. The van der Waals surface area contributed by atoms with Gasteiger partial charge in [0.1, 0.15) is 0 Å². The summed E-state index contributed by atoms with van der Waals surface area (Å²) in [7, 11) is 0. The van der Waals surface area contributed by atoms with Crippen molar-refractivity contribution in [3.05, 3.63) is 93.4 Å². The van der Waals surface area contributed by atoms with Gasteiger partial charge in [-0.3, -0.25) is 0 Å². The van der Waals surface area contributed by atoms with Crippen molar-refractivity contribution in [3.63, 3.8) is 0 Å². The topological polar surface area (TPSA) is 7.76 Å². The number of rotatable bonds is 4. The molecule has 1 aromatic carbocycles. The molecule has 0 amide bonds. The zero-order valence-electron chi connectivity index (χ0n) is 12.4. The third kappa shape index (κ3) is 4.87. The molecule has 0 aliphatic heterocycles. The van der Waals surface area contributed by atoms with Crippen LogP contribution in [0, 0.1) is 0 Å². The van der Waals surface area contributed by atoms with Gasteiger partial charge in [-0.1, -0.05) is 24.3 Å². The molecule has 0 N–H and O–H groups in total. The lowest BCUT2D eigenvalue weighted by Gasteiger charge is -2.02. The van der Waals surface area contributed by atoms with Crippen LogP contribution < -0.4 is 21.5 Å². The summed E-state index contributed by atoms with van der Waals surface area (Å²) in [4.78, 5) is 0. The van der Waals surface area contributed by atoms with E-state index in [4.69, 9.17) is 0 Å². The lowest BCUT2D eigenvalue weighted by atomic mass is 10.1. The second-order valence-corrected chi connectivity index (χ2v) is 6.74. The Bertz CT molecular complexity index is 709. The van der Waals surface area contributed by atoms with E-state index in [0.29, 0.717) is 0 Å². The minimum absolute atomic E-state index is 0. The maximum Gasteiger partial charge on any atom is 0.248 e. The number of pyridine rings is 2. The molecule has 3 aromatic rings. The smallest absolute Gasteiger partial charge is 0.248 e. The molecule has 118 valence electrons. The standard InChI is InChI=1S/C18H16Br2N2.ClH/c19-17-5-1-3-11-21(17)13-15-7-9-16(10-8-15)14-22-12-4-2-6-18(22)20;/h1-12H,13-14H2;1H/q+2;/p-1. The fourth-order valence-corrected chi connectivity index (χ4v) is 3.10. The summed E-state index contributed by atoms with van der Waals surface area (Å²) in [5, 5.41) is 0. The molecule has 0 bridgehead atoms. The average molecular weight is 456 g/mol. The van der Waals surface area contributed by atoms with E-state index >= 15 is 0 Å². The molecule has 2 heterocycles. The van der Waals surface area contributed by atoms with E-state index in [9.17, 15) is 0 Å². The molecular formula is C18H16Br2ClN2+. The van der Waals surface area contributed by atoms with Gasteiger partial charge in [0.15, 0.2) is 25.5 Å². The second kappa shape index (κ2) is 8.57. The molecular weight excluding hydrogens is 439 g/mol. The summed E-state index contributed by atoms with van der Waals surface area (Å²) in [5.74, 6) is 0. The van der Waals surface area contributed by atoms with Crippen LogP contribution in [0.3, 0.4) is 0 Å². The molecule has 0 saturated heterocycles. The highest BCUT2D eigenvalue weighted by Crippen LogP contribution is 2.08. The van der Waals surface area contributed by atoms with E-state index in [1.54, 1.807) is 0 Å². The second-order valence-electron chi connectivity index (χ2n) is 5.12. The quantitative estimate of drug-likeness (QED) is 0.408. The summed E-state index contributed by atoms with van der Waals surface area (Å²) in [6.07, 6.45) is 4.16. The fraction of sp³-hybridized carbons (Fsp3) is 0.111. The normalized spacial score (nSPS) is 10.2. The van der Waals surface area contributed by atoms with Crippen molar-refractivity contribution >= 4 is 31.9 Å². The summed E-state index contributed by atoms with van der Waals surface area (Å²) in [6, 6.07) is 21.0. The van der Waals surface area contributed by atoms with Crippen molar-refractivity contribution in [2.75, 3.05) is 0 Å². The molecule has 2 aromatic heterocycles. The highest BCUT2D eigenvalue weighted by molar-refractivity contribution is 9.10. The number of halogens is 3. The van der Waals surface area contributed by atoms with Crippen LogP contribution >= 0.6 is 31.9 Å². The van der Waals surface area contributed by atoms with Crippen LogP contribution in [0.2, 0.25) is 0 Å². The van der Waals surface area contributed by atoms with Gasteiger partial charge in [-0.25, -0.2) is 0 Å². The van der Waals surface area contributed by atoms with Gasteiger partial charge in [0, 0.05) is 67.3 Å². The van der Waals surface area contributed by atoms with Crippen molar-refractivity contribution in [2.24, 2.45) is 0 Å². The molecule has 0 spiro atoms. The van der Waals surface area contributed by atoms with Crippen molar-refractivity contribution in [2.45, 2.75) is 13.1 Å². The van der Waals surface area contributed by atoms with Crippen molar-refractivity contribution in [3.8, 4) is 0 Å². The maximum atomic E-state index is 3.57. The predicted molar refractivity (Wildman–Crippen MR) is 93.3 cm³/mol. The van der Waals surface area contributed by atoms with E-state index in [1.807, 2.05) is 24.3 Å². The van der Waals surface area contributed by atoms with Crippen LogP contribution in [0.5, 0.6) is 0 Å². The van der Waals surface area contributed by atoms with E-state index in [2.05, 4.69) is 89.8 Å². The maximum absolute atomic E-state index is 3.57. The Morgan fingerprint density at radius 1 is 0.609 bits per heavy atom. The van der Waals surface area contributed by atoms with Crippen LogP contribution in [0.1, 0.15) is 11.1 Å². The number of hydrogen-bond donors (Lipinski definition) is 0. The Balaban J connectivity index is 0.00000192. The van der Waals surface area contributed by atoms with Gasteiger partial charge < -0.3 is 12.4 Å². The Labute approximate surface area is 159 Å². The van der Waals surface area contributed by atoms with Crippen LogP contribution in [0.4, 0.5) is 0 Å².